The van der Waals surface area contributed by atoms with Crippen LogP contribution in [0.4, 0.5) is 0 Å². The van der Waals surface area contributed by atoms with Crippen LogP contribution in [0.5, 0.6) is 0 Å². The van der Waals surface area contributed by atoms with Crippen LogP contribution in [-0.2, 0) is 25.5 Å². The molecule has 102 valence electrons. The summed E-state index contributed by atoms with van der Waals surface area (Å²) < 4.78 is 1.01. The van der Waals surface area contributed by atoms with E-state index in [9.17, 15) is 0 Å². The van der Waals surface area contributed by atoms with Crippen LogP contribution >= 0.6 is 11.3 Å². The summed E-state index contributed by atoms with van der Waals surface area (Å²) in [4.78, 5) is 14.6. The number of aryl methyl sites for hydroxylation is 1. The van der Waals surface area contributed by atoms with E-state index in [1.807, 2.05) is 0 Å². The first-order chi connectivity index (χ1) is 9.66. The highest BCUT2D eigenvalue weighted by atomic mass is 32.1. The monoisotopic (exact) mass is 300 g/mol. The summed E-state index contributed by atoms with van der Waals surface area (Å²) in [6.07, 6.45) is 5.08. The Balaban J connectivity index is 2.20. The van der Waals surface area contributed by atoms with Crippen molar-refractivity contribution < 1.29 is 0 Å². The molecular weight excluding hydrogens is 286 g/mol. The second-order valence-corrected chi connectivity index (χ2v) is 6.99. The molecule has 3 heterocycles. The van der Waals surface area contributed by atoms with Gasteiger partial charge in [-0.25, -0.2) is 9.97 Å². The predicted octanol–water partition coefficient (Wildman–Crippen LogP) is 3.76. The molecule has 1 aliphatic rings. The summed E-state index contributed by atoms with van der Waals surface area (Å²) in [7, 11) is 0. The topological polar surface area (TPSA) is 38.7 Å². The van der Waals surface area contributed by atoms with Gasteiger partial charge in [0, 0.05) is 11.1 Å². The van der Waals surface area contributed by atoms with E-state index >= 15 is 0 Å². The summed E-state index contributed by atoms with van der Waals surface area (Å²) in [5.41, 5.74) is 5.18. The lowest BCUT2D eigenvalue weighted by molar-refractivity contribution is 0.805. The number of nitrogens with zero attached hydrogens (tertiary/aromatic N) is 3. The third-order valence-corrected chi connectivity index (χ3v) is 5.54. The van der Waals surface area contributed by atoms with Crippen LogP contribution < -0.4 is 0 Å². The first-order valence-corrected chi connectivity index (χ1v) is 8.15. The Morgan fingerprint density at radius 2 is 2.00 bits per heavy atom. The summed E-state index contributed by atoms with van der Waals surface area (Å²) in [6, 6.07) is 0. The van der Waals surface area contributed by atoms with E-state index in [4.69, 9.17) is 17.6 Å². The molecule has 0 radical (unpaired) electrons. The zero-order valence-electron chi connectivity index (χ0n) is 11.4. The minimum Gasteiger partial charge on any atom is -0.759 e. The van der Waals surface area contributed by atoms with Gasteiger partial charge in [0.05, 0.1) is 10.2 Å². The maximum absolute atomic E-state index is 5.34. The number of hydrogen-bond donors (Lipinski definition) is 0. The zero-order valence-corrected chi connectivity index (χ0v) is 13.1. The Kier molecular flexibility index (Phi) is 2.69. The lowest BCUT2D eigenvalue weighted by Gasteiger charge is -2.11. The molecule has 0 saturated heterocycles. The second-order valence-electron chi connectivity index (χ2n) is 5.60. The van der Waals surface area contributed by atoms with Crippen molar-refractivity contribution in [1.29, 1.82) is 0 Å². The number of fused-ring (bicyclic) bond motifs is 5. The van der Waals surface area contributed by atoms with Crippen LogP contribution in [0.1, 0.15) is 43.0 Å². The fraction of sp³-hybridized carbons (Fsp3) is 0.400. The van der Waals surface area contributed by atoms with Gasteiger partial charge in [-0.2, -0.15) is 0 Å². The number of aromatic nitrogens is 3. The smallest absolute Gasteiger partial charge is 0.126 e. The van der Waals surface area contributed by atoms with Crippen LogP contribution in [0, 0.1) is 0 Å². The van der Waals surface area contributed by atoms with E-state index in [0.29, 0.717) is 10.9 Å². The molecule has 5 heteroatoms. The van der Waals surface area contributed by atoms with Gasteiger partial charge in [0.1, 0.15) is 11.2 Å². The van der Waals surface area contributed by atoms with Crippen LogP contribution in [-0.4, -0.2) is 15.0 Å². The van der Waals surface area contributed by atoms with Crippen molar-refractivity contribution in [2.24, 2.45) is 0 Å². The van der Waals surface area contributed by atoms with E-state index in [1.54, 1.807) is 17.7 Å². The zero-order chi connectivity index (χ0) is 13.9. The van der Waals surface area contributed by atoms with Gasteiger partial charge in [-0.1, -0.05) is 18.9 Å². The molecule has 0 saturated carbocycles. The Morgan fingerprint density at radius 3 is 2.80 bits per heavy atom. The molecule has 3 aromatic rings. The van der Waals surface area contributed by atoms with Crippen molar-refractivity contribution in [3.8, 4) is 0 Å². The Bertz CT molecular complexity index is 836. The van der Waals surface area contributed by atoms with E-state index in [0.717, 1.165) is 27.9 Å². The molecule has 3 nitrogen and oxygen atoms in total. The van der Waals surface area contributed by atoms with Crippen LogP contribution in [0.25, 0.3) is 20.4 Å². The maximum Gasteiger partial charge on any atom is 0.126 e. The maximum atomic E-state index is 5.34. The van der Waals surface area contributed by atoms with Gasteiger partial charge in [0.15, 0.2) is 0 Å². The largest absolute Gasteiger partial charge is 0.759 e. The second kappa shape index (κ2) is 4.33. The third-order valence-electron chi connectivity index (χ3n) is 4.02. The SMILES string of the molecule is CC(C)c1nc2sc3c([S-])ncnc3c2c2c1CCC2. The number of hydrogen-bond acceptors (Lipinski definition) is 5. The quantitative estimate of drug-likeness (QED) is 0.507. The molecule has 20 heavy (non-hydrogen) atoms. The van der Waals surface area contributed by atoms with E-state index in [2.05, 4.69) is 23.8 Å². The van der Waals surface area contributed by atoms with Gasteiger partial charge < -0.3 is 12.6 Å². The summed E-state index contributed by atoms with van der Waals surface area (Å²) in [6.45, 7) is 4.44. The van der Waals surface area contributed by atoms with Gasteiger partial charge in [-0.05, 0) is 36.3 Å². The minimum absolute atomic E-state index is 0.463. The fourth-order valence-electron chi connectivity index (χ4n) is 3.18. The van der Waals surface area contributed by atoms with Gasteiger partial charge in [-0.15, -0.1) is 11.3 Å². The number of thiophene rings is 1. The lowest BCUT2D eigenvalue weighted by atomic mass is 9.99. The molecule has 0 amide bonds. The molecule has 0 spiro atoms. The molecule has 0 atom stereocenters. The highest BCUT2D eigenvalue weighted by Crippen LogP contribution is 2.41. The first kappa shape index (κ1) is 12.4. The molecule has 0 N–H and O–H groups in total. The average molecular weight is 300 g/mol. The molecule has 0 aromatic carbocycles. The predicted molar refractivity (Wildman–Crippen MR) is 84.5 cm³/mol. The van der Waals surface area contributed by atoms with E-state index in [1.165, 1.54) is 28.6 Å². The lowest BCUT2D eigenvalue weighted by Crippen LogP contribution is -2.00. The van der Waals surface area contributed by atoms with Crippen molar-refractivity contribution in [2.45, 2.75) is 44.1 Å². The molecule has 0 fully saturated rings. The molecule has 3 aromatic heterocycles. The Morgan fingerprint density at radius 1 is 1.20 bits per heavy atom. The average Bonchev–Trinajstić information content (AvgIpc) is 3.00. The normalized spacial score (nSPS) is 14.6. The van der Waals surface area contributed by atoms with Crippen molar-refractivity contribution in [2.75, 3.05) is 0 Å². The molecular formula is C15H14N3S2-. The number of pyridine rings is 1. The van der Waals surface area contributed by atoms with Crippen molar-refractivity contribution in [3.63, 3.8) is 0 Å². The minimum atomic E-state index is 0.463. The van der Waals surface area contributed by atoms with Crippen LogP contribution in [0.3, 0.4) is 0 Å². The fourth-order valence-corrected chi connectivity index (χ4v) is 4.50. The molecule has 0 unspecified atom stereocenters. The highest BCUT2D eigenvalue weighted by molar-refractivity contribution is 7.59. The van der Waals surface area contributed by atoms with Gasteiger partial charge in [-0.3, -0.25) is 4.98 Å². The molecule has 1 aliphatic carbocycles. The first-order valence-electron chi connectivity index (χ1n) is 6.92. The molecule has 0 bridgehead atoms. The van der Waals surface area contributed by atoms with Gasteiger partial charge in [0.25, 0.3) is 0 Å². The van der Waals surface area contributed by atoms with Crippen molar-refractivity contribution >= 4 is 44.4 Å². The van der Waals surface area contributed by atoms with Crippen molar-refractivity contribution in [1.82, 2.24) is 15.0 Å². The van der Waals surface area contributed by atoms with Gasteiger partial charge >= 0.3 is 0 Å². The standard InChI is InChI=1S/C15H15N3S2/c1-7(2)11-9-5-3-4-8(9)10-12-13(20-15(10)18-11)14(19)17-6-16-12/h6-7H,3-5H2,1-2H3,(H,16,17,19)/p-1. The highest BCUT2D eigenvalue weighted by Gasteiger charge is 2.24. The Labute approximate surface area is 126 Å². The summed E-state index contributed by atoms with van der Waals surface area (Å²) in [5.74, 6) is 0.463. The Hall–Kier alpha value is -1.33. The number of rotatable bonds is 1. The van der Waals surface area contributed by atoms with Crippen molar-refractivity contribution in [3.05, 3.63) is 23.1 Å². The summed E-state index contributed by atoms with van der Waals surface area (Å²) in [5, 5.41) is 1.88. The van der Waals surface area contributed by atoms with Crippen LogP contribution in [0.15, 0.2) is 11.4 Å². The summed E-state index contributed by atoms with van der Waals surface area (Å²) >= 11 is 6.98. The third kappa shape index (κ3) is 1.59. The van der Waals surface area contributed by atoms with Gasteiger partial charge in [0.2, 0.25) is 0 Å². The molecule has 0 aliphatic heterocycles. The van der Waals surface area contributed by atoms with Crippen LogP contribution in [0.2, 0.25) is 0 Å². The molecule has 4 rings (SSSR count). The van der Waals surface area contributed by atoms with E-state index in [-0.39, 0.29) is 0 Å². The van der Waals surface area contributed by atoms with E-state index < -0.39 is 0 Å².